The molecule has 200 valence electrons. The van der Waals surface area contributed by atoms with Gasteiger partial charge in [-0.2, -0.15) is 0 Å². The van der Waals surface area contributed by atoms with Gasteiger partial charge in [-0.25, -0.2) is 0 Å². The van der Waals surface area contributed by atoms with E-state index >= 15 is 0 Å². The lowest BCUT2D eigenvalue weighted by atomic mass is 10.0. The molecule has 1 unspecified atom stereocenters. The molecule has 5 heteroatoms. The van der Waals surface area contributed by atoms with Gasteiger partial charge in [-0.3, -0.25) is 0 Å². The number of nitrogens with one attached hydrogen (secondary N) is 1. The molecule has 0 bridgehead atoms. The zero-order chi connectivity index (χ0) is 24.2. The second-order valence-electron chi connectivity index (χ2n) is 9.90. The van der Waals surface area contributed by atoms with Crippen LogP contribution in [0.1, 0.15) is 129 Å². The van der Waals surface area contributed by atoms with Gasteiger partial charge < -0.3 is 25.5 Å². The van der Waals surface area contributed by atoms with E-state index in [1.165, 1.54) is 96.3 Å². The molecule has 0 aromatic carbocycles. The molecule has 1 atom stereocenters. The Labute approximate surface area is 206 Å². The summed E-state index contributed by atoms with van der Waals surface area (Å²) in [6.07, 6.45) is 24.2. The topological polar surface area (TPSA) is 76.0 Å². The fourth-order valence-corrected chi connectivity index (χ4v) is 4.58. The van der Waals surface area contributed by atoms with Crippen LogP contribution in [0.2, 0.25) is 0 Å². The monoisotopic (exact) mass is 472 g/mol. The van der Waals surface area contributed by atoms with Gasteiger partial charge in [-0.05, 0) is 45.2 Å². The van der Waals surface area contributed by atoms with E-state index in [-0.39, 0.29) is 19.8 Å². The Morgan fingerprint density at radius 3 is 1.42 bits per heavy atom. The maximum atomic E-state index is 9.14. The molecular formula is C28H60N2O3. The first-order valence-electron chi connectivity index (χ1n) is 14.6. The first-order valence-corrected chi connectivity index (χ1v) is 14.6. The summed E-state index contributed by atoms with van der Waals surface area (Å²) >= 11 is 0. The van der Waals surface area contributed by atoms with Crippen LogP contribution in [0.25, 0.3) is 0 Å². The minimum absolute atomic E-state index is 0.229. The molecule has 0 saturated carbocycles. The Balaban J connectivity index is 3.85. The van der Waals surface area contributed by atoms with E-state index in [2.05, 4.69) is 17.1 Å². The first-order chi connectivity index (χ1) is 16.3. The summed E-state index contributed by atoms with van der Waals surface area (Å²) in [5.74, 6) is 0. The number of unbranched alkanes of at least 4 members (excludes halogenated alkanes) is 13. The van der Waals surface area contributed by atoms with Crippen LogP contribution in [-0.2, 0) is 0 Å². The van der Waals surface area contributed by atoms with Crippen molar-refractivity contribution in [1.29, 1.82) is 0 Å². The first kappa shape index (κ1) is 32.8. The summed E-state index contributed by atoms with van der Waals surface area (Å²) < 4.78 is 0. The maximum Gasteiger partial charge on any atom is 0.0443 e. The summed E-state index contributed by atoms with van der Waals surface area (Å²) in [7, 11) is 0. The van der Waals surface area contributed by atoms with Gasteiger partial charge in [0.1, 0.15) is 0 Å². The minimum Gasteiger partial charge on any atom is -0.396 e. The van der Waals surface area contributed by atoms with Gasteiger partial charge >= 0.3 is 0 Å². The van der Waals surface area contributed by atoms with E-state index in [1.807, 2.05) is 0 Å². The smallest absolute Gasteiger partial charge is 0.0443 e. The van der Waals surface area contributed by atoms with E-state index in [0.717, 1.165) is 51.9 Å². The molecule has 0 aliphatic heterocycles. The Bertz CT molecular complexity index is 350. The van der Waals surface area contributed by atoms with Crippen LogP contribution in [-0.4, -0.2) is 72.3 Å². The van der Waals surface area contributed by atoms with Crippen molar-refractivity contribution in [2.75, 3.05) is 46.0 Å². The number of rotatable bonds is 28. The molecular weight excluding hydrogens is 412 g/mol. The van der Waals surface area contributed by atoms with E-state index < -0.39 is 0 Å². The molecule has 0 radical (unpaired) electrons. The molecule has 0 aliphatic carbocycles. The quantitative estimate of drug-likeness (QED) is 0.111. The Kier molecular flexibility index (Phi) is 27.9. The predicted molar refractivity (Wildman–Crippen MR) is 143 cm³/mol. The zero-order valence-electron chi connectivity index (χ0n) is 22.3. The zero-order valence-corrected chi connectivity index (χ0v) is 22.3. The third-order valence-electron chi connectivity index (χ3n) is 6.73. The Morgan fingerprint density at radius 1 is 0.515 bits per heavy atom. The summed E-state index contributed by atoms with van der Waals surface area (Å²) in [6.45, 7) is 6.68. The second kappa shape index (κ2) is 28.0. The van der Waals surface area contributed by atoms with Crippen molar-refractivity contribution in [1.82, 2.24) is 10.2 Å². The Hall–Kier alpha value is -0.200. The highest BCUT2D eigenvalue weighted by Crippen LogP contribution is 2.14. The molecule has 0 rings (SSSR count). The summed E-state index contributed by atoms with van der Waals surface area (Å²) in [6, 6.07) is 0.500. The van der Waals surface area contributed by atoms with E-state index in [4.69, 9.17) is 15.3 Å². The number of hydrogen-bond donors (Lipinski definition) is 4. The molecule has 0 amide bonds. The highest BCUT2D eigenvalue weighted by atomic mass is 16.3. The average Bonchev–Trinajstić information content (AvgIpc) is 2.83. The lowest BCUT2D eigenvalue weighted by Gasteiger charge is -2.25. The van der Waals surface area contributed by atoms with Crippen molar-refractivity contribution in [2.45, 2.75) is 135 Å². The summed E-state index contributed by atoms with van der Waals surface area (Å²) in [5, 5.41) is 31.0. The van der Waals surface area contributed by atoms with Crippen LogP contribution < -0.4 is 5.32 Å². The number of hydrogen-bond acceptors (Lipinski definition) is 5. The van der Waals surface area contributed by atoms with Gasteiger partial charge in [-0.1, -0.05) is 96.8 Å². The highest BCUT2D eigenvalue weighted by molar-refractivity contribution is 4.71. The van der Waals surface area contributed by atoms with Crippen LogP contribution in [0.3, 0.4) is 0 Å². The summed E-state index contributed by atoms with van der Waals surface area (Å²) in [5.41, 5.74) is 0. The van der Waals surface area contributed by atoms with Gasteiger partial charge in [0.2, 0.25) is 0 Å². The molecule has 4 N–H and O–H groups in total. The van der Waals surface area contributed by atoms with Crippen LogP contribution >= 0.6 is 0 Å². The fourth-order valence-electron chi connectivity index (χ4n) is 4.58. The molecule has 0 fully saturated rings. The standard InChI is InChI=1S/C28H60N2O3/c1-2-3-4-5-6-7-8-9-10-11-12-13-14-15-19-28(29-21-16-25-31)20-24-30(22-17-26-32)23-18-27-33/h28-29,31-33H,2-27H2,1H3. The third kappa shape index (κ3) is 24.7. The molecule has 0 spiro atoms. The lowest BCUT2D eigenvalue weighted by molar-refractivity contribution is 0.193. The van der Waals surface area contributed by atoms with Crippen molar-refractivity contribution in [3.63, 3.8) is 0 Å². The number of nitrogens with zero attached hydrogens (tertiary/aromatic N) is 1. The van der Waals surface area contributed by atoms with Crippen LogP contribution in [0.4, 0.5) is 0 Å². The van der Waals surface area contributed by atoms with Gasteiger partial charge in [0.25, 0.3) is 0 Å². The van der Waals surface area contributed by atoms with Crippen molar-refractivity contribution >= 4 is 0 Å². The van der Waals surface area contributed by atoms with E-state index in [1.54, 1.807) is 0 Å². The summed E-state index contributed by atoms with van der Waals surface area (Å²) in [4.78, 5) is 2.37. The van der Waals surface area contributed by atoms with Gasteiger partial charge in [0.15, 0.2) is 0 Å². The highest BCUT2D eigenvalue weighted by Gasteiger charge is 2.11. The average molecular weight is 473 g/mol. The normalized spacial score (nSPS) is 12.6. The molecule has 0 aliphatic rings. The molecule has 0 aromatic heterocycles. The second-order valence-corrected chi connectivity index (χ2v) is 9.90. The minimum atomic E-state index is 0.229. The SMILES string of the molecule is CCCCCCCCCCCCCCCCC(CCN(CCCO)CCCO)NCCCO. The maximum absolute atomic E-state index is 9.14. The molecule has 33 heavy (non-hydrogen) atoms. The largest absolute Gasteiger partial charge is 0.396 e. The van der Waals surface area contributed by atoms with Crippen molar-refractivity contribution in [2.24, 2.45) is 0 Å². The molecule has 0 saturated heterocycles. The lowest BCUT2D eigenvalue weighted by Crippen LogP contribution is -2.36. The van der Waals surface area contributed by atoms with E-state index in [9.17, 15) is 0 Å². The number of aliphatic hydroxyl groups is 3. The van der Waals surface area contributed by atoms with Crippen LogP contribution in [0, 0.1) is 0 Å². The molecule has 5 nitrogen and oxygen atoms in total. The van der Waals surface area contributed by atoms with Crippen LogP contribution in [0.5, 0.6) is 0 Å². The van der Waals surface area contributed by atoms with Crippen molar-refractivity contribution < 1.29 is 15.3 Å². The fraction of sp³-hybridized carbons (Fsp3) is 1.00. The number of aliphatic hydroxyl groups excluding tert-OH is 3. The van der Waals surface area contributed by atoms with Gasteiger partial charge in [0.05, 0.1) is 0 Å². The van der Waals surface area contributed by atoms with Crippen molar-refractivity contribution in [3.05, 3.63) is 0 Å². The van der Waals surface area contributed by atoms with E-state index in [0.29, 0.717) is 6.04 Å². The molecule has 0 aromatic rings. The van der Waals surface area contributed by atoms with Gasteiger partial charge in [0, 0.05) is 39.0 Å². The van der Waals surface area contributed by atoms with Crippen LogP contribution in [0.15, 0.2) is 0 Å². The predicted octanol–water partition coefficient (Wildman–Crippen LogP) is 5.66. The van der Waals surface area contributed by atoms with Gasteiger partial charge in [-0.15, -0.1) is 0 Å². The van der Waals surface area contributed by atoms with Crippen molar-refractivity contribution in [3.8, 4) is 0 Å². The molecule has 0 heterocycles. The third-order valence-corrected chi connectivity index (χ3v) is 6.73. The Morgan fingerprint density at radius 2 is 0.970 bits per heavy atom.